The summed E-state index contributed by atoms with van der Waals surface area (Å²) in [5.41, 5.74) is 2.09. The molecule has 0 saturated heterocycles. The second-order valence-electron chi connectivity index (χ2n) is 6.49. The van der Waals surface area contributed by atoms with Crippen LogP contribution in [0.15, 0.2) is 53.5 Å². The molecule has 5 nitrogen and oxygen atoms in total. The maximum atomic E-state index is 10.7. The van der Waals surface area contributed by atoms with E-state index in [9.17, 15) is 5.11 Å². The Bertz CT molecular complexity index is 733. The van der Waals surface area contributed by atoms with Gasteiger partial charge in [-0.05, 0) is 43.5 Å². The molecule has 0 aromatic heterocycles. The molecule has 3 N–H and O–H groups in total. The molecule has 6 heteroatoms. The van der Waals surface area contributed by atoms with Gasteiger partial charge in [-0.15, -0.1) is 24.0 Å². The van der Waals surface area contributed by atoms with Crippen molar-refractivity contribution in [2.24, 2.45) is 4.99 Å². The van der Waals surface area contributed by atoms with Crippen molar-refractivity contribution in [1.29, 1.82) is 0 Å². The van der Waals surface area contributed by atoms with Crippen LogP contribution in [-0.4, -0.2) is 31.3 Å². The zero-order valence-electron chi connectivity index (χ0n) is 16.5. The lowest BCUT2D eigenvalue weighted by molar-refractivity contribution is 0.0617. The highest BCUT2D eigenvalue weighted by molar-refractivity contribution is 14.0. The van der Waals surface area contributed by atoms with Crippen molar-refractivity contribution in [2.75, 3.05) is 20.2 Å². The monoisotopic (exact) mass is 483 g/mol. The summed E-state index contributed by atoms with van der Waals surface area (Å²) in [6.07, 6.45) is 0. The Morgan fingerprint density at radius 1 is 1.15 bits per heavy atom. The van der Waals surface area contributed by atoms with Gasteiger partial charge in [-0.2, -0.15) is 0 Å². The first-order valence-corrected chi connectivity index (χ1v) is 8.90. The summed E-state index contributed by atoms with van der Waals surface area (Å²) < 4.78 is 5.29. The van der Waals surface area contributed by atoms with Gasteiger partial charge in [-0.3, -0.25) is 0 Å². The van der Waals surface area contributed by atoms with Crippen LogP contribution in [0.25, 0.3) is 0 Å². The first-order valence-electron chi connectivity index (χ1n) is 8.90. The first-order chi connectivity index (χ1) is 12.5. The number of nitrogens with zero attached hydrogens (tertiary/aromatic N) is 1. The summed E-state index contributed by atoms with van der Waals surface area (Å²) in [6, 6.07) is 15.7. The maximum absolute atomic E-state index is 10.7. The second kappa shape index (κ2) is 11.1. The van der Waals surface area contributed by atoms with Crippen LogP contribution in [-0.2, 0) is 12.1 Å². The maximum Gasteiger partial charge on any atom is 0.191 e. The molecular formula is C21H30IN3O2. The van der Waals surface area contributed by atoms with Crippen LogP contribution >= 0.6 is 24.0 Å². The third-order valence-corrected chi connectivity index (χ3v) is 4.22. The van der Waals surface area contributed by atoms with Crippen LogP contribution in [0.2, 0.25) is 0 Å². The summed E-state index contributed by atoms with van der Waals surface area (Å²) in [5, 5.41) is 17.2. The van der Waals surface area contributed by atoms with Crippen LogP contribution in [0, 0.1) is 6.92 Å². The van der Waals surface area contributed by atoms with Crippen LogP contribution in [0.4, 0.5) is 0 Å². The van der Waals surface area contributed by atoms with Gasteiger partial charge in [0.2, 0.25) is 0 Å². The summed E-state index contributed by atoms with van der Waals surface area (Å²) in [6.45, 7) is 7.50. The first kappa shape index (κ1) is 23.2. The summed E-state index contributed by atoms with van der Waals surface area (Å²) in [5.74, 6) is 1.55. The van der Waals surface area contributed by atoms with Gasteiger partial charge in [0.15, 0.2) is 5.96 Å². The fraction of sp³-hybridized carbons (Fsp3) is 0.381. The van der Waals surface area contributed by atoms with E-state index < -0.39 is 5.60 Å². The quantitative estimate of drug-likeness (QED) is 0.320. The van der Waals surface area contributed by atoms with Crippen molar-refractivity contribution in [1.82, 2.24) is 10.6 Å². The van der Waals surface area contributed by atoms with E-state index in [0.29, 0.717) is 19.0 Å². The number of halogens is 1. The zero-order chi connectivity index (χ0) is 19.0. The zero-order valence-corrected chi connectivity index (χ0v) is 18.8. The number of aliphatic imine (C=N–C) groups is 1. The number of hydrogen-bond acceptors (Lipinski definition) is 3. The number of aryl methyl sites for hydroxylation is 1. The van der Waals surface area contributed by atoms with Gasteiger partial charge in [0, 0.05) is 6.54 Å². The molecule has 27 heavy (non-hydrogen) atoms. The van der Waals surface area contributed by atoms with Crippen LogP contribution < -0.4 is 15.4 Å². The molecule has 0 spiro atoms. The largest absolute Gasteiger partial charge is 0.496 e. The van der Waals surface area contributed by atoms with Gasteiger partial charge in [0.05, 0.1) is 20.2 Å². The van der Waals surface area contributed by atoms with E-state index in [1.165, 1.54) is 0 Å². The molecule has 1 atom stereocenters. The van der Waals surface area contributed by atoms with Crippen molar-refractivity contribution in [3.63, 3.8) is 0 Å². The van der Waals surface area contributed by atoms with E-state index in [1.54, 1.807) is 14.0 Å². The SMILES string of the molecule is CCNC(=NCc1ccc(OC)c(C)c1)NCC(C)(O)c1ccccc1.I. The van der Waals surface area contributed by atoms with E-state index in [2.05, 4.69) is 21.7 Å². The molecule has 2 aromatic rings. The molecule has 2 aromatic carbocycles. The molecule has 0 aliphatic heterocycles. The Labute approximate surface area is 179 Å². The Morgan fingerprint density at radius 2 is 1.85 bits per heavy atom. The number of methoxy groups -OCH3 is 1. The summed E-state index contributed by atoms with van der Waals surface area (Å²) >= 11 is 0. The Kier molecular flexibility index (Phi) is 9.59. The molecule has 0 saturated carbocycles. The molecule has 0 aliphatic carbocycles. The molecule has 2 rings (SSSR count). The van der Waals surface area contributed by atoms with E-state index in [0.717, 1.165) is 29.0 Å². The van der Waals surface area contributed by atoms with E-state index in [1.807, 2.05) is 56.3 Å². The second-order valence-corrected chi connectivity index (χ2v) is 6.49. The average molecular weight is 483 g/mol. The fourth-order valence-electron chi connectivity index (χ4n) is 2.71. The van der Waals surface area contributed by atoms with E-state index in [-0.39, 0.29) is 24.0 Å². The van der Waals surface area contributed by atoms with Crippen molar-refractivity contribution < 1.29 is 9.84 Å². The molecule has 0 amide bonds. The highest BCUT2D eigenvalue weighted by atomic mass is 127. The highest BCUT2D eigenvalue weighted by Gasteiger charge is 2.22. The number of hydrogen-bond donors (Lipinski definition) is 3. The van der Waals surface area contributed by atoms with Crippen LogP contribution in [0.5, 0.6) is 5.75 Å². The van der Waals surface area contributed by atoms with Gasteiger partial charge in [0.25, 0.3) is 0 Å². The molecule has 0 bridgehead atoms. The number of rotatable bonds is 7. The Balaban J connectivity index is 0.00000364. The number of benzene rings is 2. The van der Waals surface area contributed by atoms with Gasteiger partial charge < -0.3 is 20.5 Å². The lowest BCUT2D eigenvalue weighted by atomic mass is 9.96. The van der Waals surface area contributed by atoms with Gasteiger partial charge >= 0.3 is 0 Å². The Hall–Kier alpha value is -1.80. The summed E-state index contributed by atoms with van der Waals surface area (Å²) in [7, 11) is 1.67. The van der Waals surface area contributed by atoms with Crippen molar-refractivity contribution >= 4 is 29.9 Å². The van der Waals surface area contributed by atoms with Gasteiger partial charge in [-0.25, -0.2) is 4.99 Å². The lowest BCUT2D eigenvalue weighted by Crippen LogP contribution is -2.44. The highest BCUT2D eigenvalue weighted by Crippen LogP contribution is 2.20. The minimum atomic E-state index is -0.978. The molecule has 0 radical (unpaired) electrons. The number of nitrogens with one attached hydrogen (secondary N) is 2. The van der Waals surface area contributed by atoms with Crippen molar-refractivity contribution in [3.05, 3.63) is 65.2 Å². The van der Waals surface area contributed by atoms with E-state index >= 15 is 0 Å². The van der Waals surface area contributed by atoms with E-state index in [4.69, 9.17) is 4.74 Å². The lowest BCUT2D eigenvalue weighted by Gasteiger charge is -2.25. The van der Waals surface area contributed by atoms with Gasteiger partial charge in [-0.1, -0.05) is 42.5 Å². The summed E-state index contributed by atoms with van der Waals surface area (Å²) in [4.78, 5) is 4.62. The minimum Gasteiger partial charge on any atom is -0.496 e. The molecule has 0 fully saturated rings. The fourth-order valence-corrected chi connectivity index (χ4v) is 2.71. The van der Waals surface area contributed by atoms with Crippen LogP contribution in [0.1, 0.15) is 30.5 Å². The average Bonchev–Trinajstić information content (AvgIpc) is 2.65. The third-order valence-electron chi connectivity index (χ3n) is 4.22. The topological polar surface area (TPSA) is 65.9 Å². The number of aliphatic hydroxyl groups is 1. The van der Waals surface area contributed by atoms with Gasteiger partial charge in [0.1, 0.15) is 11.4 Å². The van der Waals surface area contributed by atoms with Crippen LogP contribution in [0.3, 0.4) is 0 Å². The Morgan fingerprint density at radius 3 is 2.44 bits per heavy atom. The molecule has 0 heterocycles. The number of guanidine groups is 1. The van der Waals surface area contributed by atoms with Crippen molar-refractivity contribution in [2.45, 2.75) is 32.9 Å². The molecule has 0 aliphatic rings. The van der Waals surface area contributed by atoms with Crippen molar-refractivity contribution in [3.8, 4) is 5.75 Å². The predicted octanol–water partition coefficient (Wildman–Crippen LogP) is 3.58. The normalized spacial score (nSPS) is 13.3. The molecular weight excluding hydrogens is 453 g/mol. The molecule has 148 valence electrons. The third kappa shape index (κ3) is 7.03. The predicted molar refractivity (Wildman–Crippen MR) is 122 cm³/mol. The molecule has 1 unspecified atom stereocenters. The minimum absolute atomic E-state index is 0. The number of ether oxygens (including phenoxy) is 1. The standard InChI is InChI=1S/C21H29N3O2.HI/c1-5-22-20(23-14-17-11-12-19(26-4)16(2)13-17)24-15-21(3,25)18-9-7-6-8-10-18;/h6-13,25H,5,14-15H2,1-4H3,(H2,22,23,24);1H. The smallest absolute Gasteiger partial charge is 0.191 e.